The van der Waals surface area contributed by atoms with Gasteiger partial charge in [-0.05, 0) is 40.8 Å². The van der Waals surface area contributed by atoms with Gasteiger partial charge in [0.25, 0.3) is 10.1 Å². The summed E-state index contributed by atoms with van der Waals surface area (Å²) in [4.78, 5) is 11.6. The van der Waals surface area contributed by atoms with E-state index in [1.807, 2.05) is 0 Å². The number of carbonyl (C=O) groups is 1. The summed E-state index contributed by atoms with van der Waals surface area (Å²) in [6.07, 6.45) is 0. The third-order valence-electron chi connectivity index (χ3n) is 1.96. The smallest absolute Gasteiger partial charge is 0.341 e. The summed E-state index contributed by atoms with van der Waals surface area (Å²) in [7, 11) is -2.72. The van der Waals surface area contributed by atoms with E-state index in [1.165, 1.54) is 13.2 Å². The van der Waals surface area contributed by atoms with Crippen LogP contribution in [0.2, 0.25) is 0 Å². The van der Waals surface area contributed by atoms with Gasteiger partial charge in [0.05, 0.1) is 7.11 Å². The lowest BCUT2D eigenvalue weighted by atomic mass is 10.2. The number of esters is 1. The Morgan fingerprint density at radius 2 is 2.11 bits per heavy atom. The van der Waals surface area contributed by atoms with E-state index in [0.717, 1.165) is 3.57 Å². The van der Waals surface area contributed by atoms with Gasteiger partial charge in [-0.25, -0.2) is 4.79 Å². The van der Waals surface area contributed by atoms with Gasteiger partial charge in [-0.15, -0.1) is 0 Å². The molecule has 100 valence electrons. The number of ether oxygens (including phenoxy) is 2. The maximum atomic E-state index is 11.6. The predicted molar refractivity (Wildman–Crippen MR) is 72.4 cm³/mol. The molecule has 6 nitrogen and oxygen atoms in total. The SMILES string of the molecule is COc1cc(I)ccc1C(=O)OCCS(=O)(=O)O. The third-order valence-corrected chi connectivity index (χ3v) is 3.31. The van der Waals surface area contributed by atoms with Gasteiger partial charge < -0.3 is 9.47 Å². The highest BCUT2D eigenvalue weighted by atomic mass is 127. The van der Waals surface area contributed by atoms with Crippen molar-refractivity contribution in [3.8, 4) is 5.75 Å². The zero-order valence-electron chi connectivity index (χ0n) is 9.42. The van der Waals surface area contributed by atoms with Crippen molar-refractivity contribution in [2.24, 2.45) is 0 Å². The molecule has 0 radical (unpaired) electrons. The summed E-state index contributed by atoms with van der Waals surface area (Å²) in [5.41, 5.74) is 0.202. The minimum absolute atomic E-state index is 0.202. The molecule has 1 rings (SSSR count). The van der Waals surface area contributed by atoms with Gasteiger partial charge in [-0.3, -0.25) is 4.55 Å². The van der Waals surface area contributed by atoms with E-state index >= 15 is 0 Å². The third kappa shape index (κ3) is 4.78. The average molecular weight is 386 g/mol. The van der Waals surface area contributed by atoms with E-state index in [2.05, 4.69) is 22.6 Å². The largest absolute Gasteiger partial charge is 0.496 e. The minimum Gasteiger partial charge on any atom is -0.496 e. The summed E-state index contributed by atoms with van der Waals surface area (Å²) in [6.45, 7) is -0.410. The molecule has 1 N–H and O–H groups in total. The number of hydrogen-bond acceptors (Lipinski definition) is 5. The number of methoxy groups -OCH3 is 1. The number of rotatable bonds is 5. The van der Waals surface area contributed by atoms with Gasteiger partial charge in [0.1, 0.15) is 23.7 Å². The molecular weight excluding hydrogens is 375 g/mol. The maximum Gasteiger partial charge on any atom is 0.341 e. The first-order valence-electron chi connectivity index (χ1n) is 4.79. The van der Waals surface area contributed by atoms with Crippen molar-refractivity contribution in [1.29, 1.82) is 0 Å². The van der Waals surface area contributed by atoms with Gasteiger partial charge in [0, 0.05) is 3.57 Å². The van der Waals surface area contributed by atoms with Gasteiger partial charge in [-0.2, -0.15) is 8.42 Å². The molecule has 0 amide bonds. The first kappa shape index (κ1) is 15.2. The molecule has 1 aromatic rings. The lowest BCUT2D eigenvalue weighted by Gasteiger charge is -2.08. The molecule has 0 saturated carbocycles. The molecular formula is C10H11IO6S. The van der Waals surface area contributed by atoms with E-state index in [4.69, 9.17) is 14.0 Å². The van der Waals surface area contributed by atoms with Crippen LogP contribution in [-0.4, -0.2) is 38.4 Å². The van der Waals surface area contributed by atoms with E-state index in [9.17, 15) is 13.2 Å². The molecule has 0 bridgehead atoms. The van der Waals surface area contributed by atoms with Gasteiger partial charge in [0.15, 0.2) is 0 Å². The number of carbonyl (C=O) groups excluding carboxylic acids is 1. The number of halogens is 1. The van der Waals surface area contributed by atoms with Crippen LogP contribution in [0.5, 0.6) is 5.75 Å². The molecule has 0 atom stereocenters. The molecule has 0 aromatic heterocycles. The summed E-state index contributed by atoms with van der Waals surface area (Å²) < 4.78 is 40.0. The Hall–Kier alpha value is -0.870. The van der Waals surface area contributed by atoms with E-state index in [1.54, 1.807) is 12.1 Å². The molecule has 0 heterocycles. The number of hydrogen-bond donors (Lipinski definition) is 1. The topological polar surface area (TPSA) is 89.9 Å². The van der Waals surface area contributed by atoms with Crippen LogP contribution in [0.1, 0.15) is 10.4 Å². The highest BCUT2D eigenvalue weighted by molar-refractivity contribution is 14.1. The Bertz CT molecular complexity index is 539. The van der Waals surface area contributed by atoms with Gasteiger partial charge in [0.2, 0.25) is 0 Å². The lowest BCUT2D eigenvalue weighted by molar-refractivity contribution is 0.0524. The van der Waals surface area contributed by atoms with E-state index in [-0.39, 0.29) is 5.56 Å². The molecule has 0 saturated heterocycles. The highest BCUT2D eigenvalue weighted by Crippen LogP contribution is 2.22. The van der Waals surface area contributed by atoms with Crippen molar-refractivity contribution < 1.29 is 27.2 Å². The second-order valence-electron chi connectivity index (χ2n) is 3.27. The minimum atomic E-state index is -4.13. The van der Waals surface area contributed by atoms with Crippen LogP contribution >= 0.6 is 22.6 Å². The Morgan fingerprint density at radius 1 is 1.44 bits per heavy atom. The molecule has 0 spiro atoms. The van der Waals surface area contributed by atoms with Crippen LogP contribution in [0.3, 0.4) is 0 Å². The van der Waals surface area contributed by atoms with E-state index < -0.39 is 28.4 Å². The molecule has 0 unspecified atom stereocenters. The first-order valence-corrected chi connectivity index (χ1v) is 7.48. The fourth-order valence-corrected chi connectivity index (χ4v) is 1.91. The van der Waals surface area contributed by atoms with Crippen molar-refractivity contribution in [2.45, 2.75) is 0 Å². The zero-order valence-corrected chi connectivity index (χ0v) is 12.4. The standard InChI is InChI=1S/C10H11IO6S/c1-16-9-6-7(11)2-3-8(9)10(12)17-4-5-18(13,14)15/h2-3,6H,4-5H2,1H3,(H,13,14,15). The molecule has 8 heteroatoms. The lowest BCUT2D eigenvalue weighted by Crippen LogP contribution is -2.15. The van der Waals surface area contributed by atoms with Crippen LogP contribution in [0.25, 0.3) is 0 Å². The summed E-state index contributed by atoms with van der Waals surface area (Å²) in [5, 5.41) is 0. The van der Waals surface area contributed by atoms with Crippen molar-refractivity contribution in [1.82, 2.24) is 0 Å². The predicted octanol–water partition coefficient (Wildman–Crippen LogP) is 1.34. The first-order chi connectivity index (χ1) is 8.33. The second-order valence-corrected chi connectivity index (χ2v) is 6.08. The van der Waals surface area contributed by atoms with Crippen molar-refractivity contribution in [3.05, 3.63) is 27.3 Å². The molecule has 18 heavy (non-hydrogen) atoms. The van der Waals surface area contributed by atoms with Gasteiger partial charge in [-0.1, -0.05) is 0 Å². The Morgan fingerprint density at radius 3 is 2.67 bits per heavy atom. The fourth-order valence-electron chi connectivity index (χ4n) is 1.15. The highest BCUT2D eigenvalue weighted by Gasteiger charge is 2.15. The summed E-state index contributed by atoms with van der Waals surface area (Å²) in [6, 6.07) is 4.87. The van der Waals surface area contributed by atoms with Crippen LogP contribution < -0.4 is 4.74 Å². The molecule has 0 aliphatic rings. The fraction of sp³-hybridized carbons (Fsp3) is 0.300. The van der Waals surface area contributed by atoms with Crippen molar-refractivity contribution in [2.75, 3.05) is 19.5 Å². The molecule has 1 aromatic carbocycles. The second kappa shape index (κ2) is 6.34. The summed E-state index contributed by atoms with van der Waals surface area (Å²) in [5.74, 6) is -0.989. The Balaban J connectivity index is 2.73. The monoisotopic (exact) mass is 386 g/mol. The van der Waals surface area contributed by atoms with Crippen LogP contribution in [-0.2, 0) is 14.9 Å². The number of benzene rings is 1. The van der Waals surface area contributed by atoms with Gasteiger partial charge >= 0.3 is 5.97 Å². The van der Waals surface area contributed by atoms with Crippen LogP contribution in [0.15, 0.2) is 18.2 Å². The normalized spacial score (nSPS) is 11.1. The molecule has 0 fully saturated rings. The van der Waals surface area contributed by atoms with Crippen LogP contribution in [0, 0.1) is 3.57 Å². The Kier molecular flexibility index (Phi) is 5.35. The molecule has 0 aliphatic heterocycles. The van der Waals surface area contributed by atoms with E-state index in [0.29, 0.717) is 5.75 Å². The molecule has 0 aliphatic carbocycles. The van der Waals surface area contributed by atoms with Crippen molar-refractivity contribution >= 4 is 38.7 Å². The Labute approximate surface area is 118 Å². The van der Waals surface area contributed by atoms with Crippen molar-refractivity contribution in [3.63, 3.8) is 0 Å². The average Bonchev–Trinajstić information content (AvgIpc) is 2.26. The zero-order chi connectivity index (χ0) is 13.8. The quantitative estimate of drug-likeness (QED) is 0.467. The summed E-state index contributed by atoms with van der Waals surface area (Å²) >= 11 is 2.06. The van der Waals surface area contributed by atoms with Crippen LogP contribution in [0.4, 0.5) is 0 Å². The maximum absolute atomic E-state index is 11.6.